The van der Waals surface area contributed by atoms with Gasteiger partial charge in [-0.15, -0.1) is 0 Å². The number of nitrogens with one attached hydrogen (secondary N) is 1. The van der Waals surface area contributed by atoms with E-state index >= 15 is 0 Å². The molecule has 1 fully saturated rings. The van der Waals surface area contributed by atoms with Crippen molar-refractivity contribution < 1.29 is 4.79 Å². The number of rotatable bonds is 3. The monoisotopic (exact) mass is 286 g/mol. The molecule has 2 aliphatic rings. The average Bonchev–Trinajstić information content (AvgIpc) is 2.55. The maximum Gasteiger partial charge on any atom is 0.228 e. The van der Waals surface area contributed by atoms with Crippen LogP contribution in [0.1, 0.15) is 50.5 Å². The number of anilines is 1. The van der Waals surface area contributed by atoms with Crippen LogP contribution in [0.15, 0.2) is 24.3 Å². The number of benzene rings is 1. The van der Waals surface area contributed by atoms with Gasteiger partial charge >= 0.3 is 0 Å². The molecule has 114 valence electrons. The van der Waals surface area contributed by atoms with Gasteiger partial charge in [0.05, 0.1) is 0 Å². The van der Waals surface area contributed by atoms with Crippen molar-refractivity contribution in [2.45, 2.75) is 56.9 Å². The number of hydrogen-bond acceptors (Lipinski definition) is 2. The Balaban J connectivity index is 1.77. The summed E-state index contributed by atoms with van der Waals surface area (Å²) in [6.45, 7) is 0.871. The quantitative estimate of drug-likeness (QED) is 0.925. The van der Waals surface area contributed by atoms with E-state index in [4.69, 9.17) is 0 Å². The van der Waals surface area contributed by atoms with Gasteiger partial charge in [-0.05, 0) is 44.4 Å². The molecule has 1 N–H and O–H groups in total. The fourth-order valence-corrected chi connectivity index (χ4v) is 3.92. The highest BCUT2D eigenvalue weighted by atomic mass is 16.2. The third kappa shape index (κ3) is 2.98. The molecule has 1 aromatic rings. The fraction of sp³-hybridized carbons (Fsp3) is 0.611. The summed E-state index contributed by atoms with van der Waals surface area (Å²) >= 11 is 0. The molecular formula is C18H26N2O. The van der Waals surface area contributed by atoms with Crippen molar-refractivity contribution in [3.05, 3.63) is 29.8 Å². The second-order valence-electron chi connectivity index (χ2n) is 6.55. The van der Waals surface area contributed by atoms with Crippen molar-refractivity contribution in [1.29, 1.82) is 0 Å². The van der Waals surface area contributed by atoms with Gasteiger partial charge < -0.3 is 10.2 Å². The molecule has 0 atom stereocenters. The minimum absolute atomic E-state index is 0.0295. The fourth-order valence-electron chi connectivity index (χ4n) is 3.92. The van der Waals surface area contributed by atoms with Crippen molar-refractivity contribution in [2.24, 2.45) is 0 Å². The molecule has 3 nitrogen and oxygen atoms in total. The molecule has 21 heavy (non-hydrogen) atoms. The lowest BCUT2D eigenvalue weighted by Crippen LogP contribution is -2.49. The Bertz CT molecular complexity index is 506. The number of amides is 1. The Morgan fingerprint density at radius 3 is 2.71 bits per heavy atom. The van der Waals surface area contributed by atoms with Crippen molar-refractivity contribution in [3.8, 4) is 0 Å². The SMILES string of the molecule is CNC1(CC(=O)N2CCCc3ccccc32)CCCCC1. The molecule has 3 rings (SSSR count). The minimum atomic E-state index is 0.0295. The van der Waals surface area contributed by atoms with E-state index in [0.29, 0.717) is 12.3 Å². The van der Waals surface area contributed by atoms with E-state index in [0.717, 1.165) is 37.9 Å². The summed E-state index contributed by atoms with van der Waals surface area (Å²) in [5.41, 5.74) is 2.48. The lowest BCUT2D eigenvalue weighted by atomic mass is 9.79. The van der Waals surface area contributed by atoms with E-state index < -0.39 is 0 Å². The van der Waals surface area contributed by atoms with Crippen molar-refractivity contribution >= 4 is 11.6 Å². The second kappa shape index (κ2) is 6.18. The zero-order valence-corrected chi connectivity index (χ0v) is 13.0. The molecule has 0 radical (unpaired) electrons. The van der Waals surface area contributed by atoms with Crippen LogP contribution < -0.4 is 10.2 Å². The van der Waals surface area contributed by atoms with Crippen molar-refractivity contribution in [3.63, 3.8) is 0 Å². The third-order valence-electron chi connectivity index (χ3n) is 5.24. The Morgan fingerprint density at radius 1 is 1.19 bits per heavy atom. The highest BCUT2D eigenvalue weighted by Gasteiger charge is 2.35. The average molecular weight is 286 g/mol. The molecule has 0 unspecified atom stereocenters. The second-order valence-corrected chi connectivity index (χ2v) is 6.55. The highest BCUT2D eigenvalue weighted by Crippen LogP contribution is 2.33. The van der Waals surface area contributed by atoms with Gasteiger partial charge in [-0.3, -0.25) is 4.79 Å². The normalized spacial score (nSPS) is 20.9. The van der Waals surface area contributed by atoms with Crippen LogP contribution in [0.4, 0.5) is 5.69 Å². The smallest absolute Gasteiger partial charge is 0.228 e. The predicted octanol–water partition coefficient (Wildman–Crippen LogP) is 3.28. The van der Waals surface area contributed by atoms with E-state index in [1.165, 1.54) is 24.8 Å². The van der Waals surface area contributed by atoms with Crippen LogP contribution in [0.3, 0.4) is 0 Å². The molecule has 3 heteroatoms. The predicted molar refractivity (Wildman–Crippen MR) is 86.6 cm³/mol. The zero-order chi connectivity index (χ0) is 14.7. The van der Waals surface area contributed by atoms with Gasteiger partial charge in [-0.1, -0.05) is 37.5 Å². The summed E-state index contributed by atoms with van der Waals surface area (Å²) in [6, 6.07) is 8.37. The van der Waals surface area contributed by atoms with Crippen LogP contribution in [-0.4, -0.2) is 25.0 Å². The van der Waals surface area contributed by atoms with E-state index in [2.05, 4.69) is 23.5 Å². The van der Waals surface area contributed by atoms with Gasteiger partial charge in [0, 0.05) is 24.2 Å². The number of carbonyl (C=O) groups excluding carboxylic acids is 1. The Hall–Kier alpha value is -1.35. The number of fused-ring (bicyclic) bond motifs is 1. The van der Waals surface area contributed by atoms with Crippen molar-refractivity contribution in [1.82, 2.24) is 5.32 Å². The minimum Gasteiger partial charge on any atom is -0.314 e. The first-order valence-corrected chi connectivity index (χ1v) is 8.31. The van der Waals surface area contributed by atoms with Crippen LogP contribution in [0.25, 0.3) is 0 Å². The third-order valence-corrected chi connectivity index (χ3v) is 5.24. The molecule has 1 amide bonds. The number of aryl methyl sites for hydroxylation is 1. The van der Waals surface area contributed by atoms with E-state index in [9.17, 15) is 4.79 Å². The number of carbonyl (C=O) groups is 1. The number of hydrogen-bond donors (Lipinski definition) is 1. The van der Waals surface area contributed by atoms with Crippen LogP contribution in [0.2, 0.25) is 0 Å². The summed E-state index contributed by atoms with van der Waals surface area (Å²) in [6.07, 6.45) is 8.86. The summed E-state index contributed by atoms with van der Waals surface area (Å²) in [5.74, 6) is 0.290. The van der Waals surface area contributed by atoms with Gasteiger partial charge in [0.2, 0.25) is 5.91 Å². The largest absolute Gasteiger partial charge is 0.314 e. The molecule has 0 saturated heterocycles. The maximum absolute atomic E-state index is 12.9. The first-order chi connectivity index (χ1) is 10.2. The zero-order valence-electron chi connectivity index (χ0n) is 13.0. The molecule has 1 aromatic carbocycles. The Morgan fingerprint density at radius 2 is 1.95 bits per heavy atom. The number of nitrogens with zero attached hydrogens (tertiary/aromatic N) is 1. The molecule has 0 spiro atoms. The highest BCUT2D eigenvalue weighted by molar-refractivity contribution is 5.95. The molecule has 0 bridgehead atoms. The summed E-state index contributed by atoms with van der Waals surface area (Å²) in [4.78, 5) is 14.9. The van der Waals surface area contributed by atoms with Gasteiger partial charge in [-0.2, -0.15) is 0 Å². The number of para-hydroxylation sites is 1. The first-order valence-electron chi connectivity index (χ1n) is 8.31. The lowest BCUT2D eigenvalue weighted by Gasteiger charge is -2.39. The van der Waals surface area contributed by atoms with Crippen LogP contribution in [0.5, 0.6) is 0 Å². The molecule has 1 aliphatic carbocycles. The summed E-state index contributed by atoms with van der Waals surface area (Å²) in [5, 5.41) is 3.46. The molecule has 1 heterocycles. The molecule has 0 aromatic heterocycles. The van der Waals surface area contributed by atoms with Gasteiger partial charge in [0.1, 0.15) is 0 Å². The summed E-state index contributed by atoms with van der Waals surface area (Å²) < 4.78 is 0. The van der Waals surface area contributed by atoms with Crippen molar-refractivity contribution in [2.75, 3.05) is 18.5 Å². The standard InChI is InChI=1S/C18H26N2O/c1-19-18(11-5-2-6-12-18)14-17(21)20-13-7-9-15-8-3-4-10-16(15)20/h3-4,8,10,19H,2,5-7,9,11-14H2,1H3. The topological polar surface area (TPSA) is 32.3 Å². The molecule has 1 aliphatic heterocycles. The summed E-state index contributed by atoms with van der Waals surface area (Å²) in [7, 11) is 2.02. The maximum atomic E-state index is 12.9. The Labute approximate surface area is 127 Å². The molecular weight excluding hydrogens is 260 g/mol. The lowest BCUT2D eigenvalue weighted by molar-refractivity contribution is -0.120. The molecule has 1 saturated carbocycles. The Kier molecular flexibility index (Phi) is 4.29. The van der Waals surface area contributed by atoms with Crippen LogP contribution in [0, 0.1) is 0 Å². The van der Waals surface area contributed by atoms with Crippen LogP contribution >= 0.6 is 0 Å². The van der Waals surface area contributed by atoms with Gasteiger partial charge in [0.25, 0.3) is 0 Å². The van der Waals surface area contributed by atoms with Gasteiger partial charge in [-0.25, -0.2) is 0 Å². The first kappa shape index (κ1) is 14.6. The van der Waals surface area contributed by atoms with E-state index in [-0.39, 0.29) is 5.54 Å². The van der Waals surface area contributed by atoms with E-state index in [1.807, 2.05) is 18.0 Å². The van der Waals surface area contributed by atoms with E-state index in [1.54, 1.807) is 0 Å². The van der Waals surface area contributed by atoms with Gasteiger partial charge in [0.15, 0.2) is 0 Å². The van der Waals surface area contributed by atoms with Crippen LogP contribution in [-0.2, 0) is 11.2 Å².